The Morgan fingerprint density at radius 2 is 2.13 bits per heavy atom. The molecule has 1 N–H and O–H groups in total. The lowest BCUT2D eigenvalue weighted by atomic mass is 10.1. The first kappa shape index (κ1) is 8.29. The molecular weight excluding hydrogens is 190 g/mol. The van der Waals surface area contributed by atoms with Crippen molar-refractivity contribution in [2.75, 3.05) is 11.9 Å². The molecule has 3 nitrogen and oxygen atoms in total. The van der Waals surface area contributed by atoms with Crippen LogP contribution in [0.2, 0.25) is 0 Å². The third kappa shape index (κ3) is 1.16. The van der Waals surface area contributed by atoms with E-state index in [0.29, 0.717) is 17.9 Å². The van der Waals surface area contributed by atoms with E-state index in [1.165, 1.54) is 0 Å². The Balaban J connectivity index is 2.22. The summed E-state index contributed by atoms with van der Waals surface area (Å²) in [5, 5.41) is 2.81. The topological polar surface area (TPSA) is 38.3 Å². The van der Waals surface area contributed by atoms with Crippen LogP contribution in [0.15, 0.2) is 42.2 Å². The van der Waals surface area contributed by atoms with Gasteiger partial charge in [0.05, 0.1) is 5.57 Å². The molecule has 74 valence electrons. The van der Waals surface area contributed by atoms with Gasteiger partial charge in [-0.05, 0) is 18.2 Å². The summed E-state index contributed by atoms with van der Waals surface area (Å²) in [6.45, 7) is 0.550. The lowest BCUT2D eigenvalue weighted by Gasteiger charge is -2.01. The monoisotopic (exact) mass is 199 g/mol. The molecule has 3 rings (SSSR count). The molecule has 2 heterocycles. The van der Waals surface area contributed by atoms with Gasteiger partial charge in [0, 0.05) is 11.3 Å². The number of allylic oxidation sites excluding steroid dienone is 1. The molecule has 0 bridgehead atoms. The number of carbonyl (C=O) groups is 1. The average molecular weight is 199 g/mol. The molecule has 1 aromatic rings. The summed E-state index contributed by atoms with van der Waals surface area (Å²) in [4.78, 5) is 11.7. The first-order chi connectivity index (χ1) is 7.36. The third-order valence-corrected chi connectivity index (χ3v) is 2.52. The molecule has 0 atom stereocenters. The molecule has 0 saturated carbocycles. The number of benzene rings is 1. The van der Waals surface area contributed by atoms with E-state index in [9.17, 15) is 4.79 Å². The quantitative estimate of drug-likeness (QED) is 0.648. The highest BCUT2D eigenvalue weighted by atomic mass is 16.5. The Kier molecular flexibility index (Phi) is 1.65. The molecule has 1 aromatic carbocycles. The molecular formula is C12H9NO2. The SMILES string of the molecule is O=C1Nc2ccccc2/C1=C1/C=CCO1. The summed E-state index contributed by atoms with van der Waals surface area (Å²) in [6, 6.07) is 7.63. The zero-order chi connectivity index (χ0) is 10.3. The summed E-state index contributed by atoms with van der Waals surface area (Å²) in [5.74, 6) is 0.579. The fourth-order valence-electron chi connectivity index (χ4n) is 1.86. The minimum Gasteiger partial charge on any atom is -0.489 e. The molecule has 0 unspecified atom stereocenters. The molecule has 2 aliphatic rings. The van der Waals surface area contributed by atoms with E-state index in [2.05, 4.69) is 5.32 Å². The highest BCUT2D eigenvalue weighted by molar-refractivity contribution is 6.32. The zero-order valence-electron chi connectivity index (χ0n) is 7.99. The standard InChI is InChI=1S/C12H9NO2/c14-12-11(10-6-3-7-15-10)8-4-1-2-5-9(8)13-12/h1-6H,7H2,(H,13,14)/b11-10+. The van der Waals surface area contributed by atoms with Crippen LogP contribution in [0.1, 0.15) is 5.56 Å². The lowest BCUT2D eigenvalue weighted by molar-refractivity contribution is -0.110. The minimum atomic E-state index is -0.0854. The van der Waals surface area contributed by atoms with Gasteiger partial charge in [-0.15, -0.1) is 0 Å². The Morgan fingerprint density at radius 3 is 2.93 bits per heavy atom. The summed E-state index contributed by atoms with van der Waals surface area (Å²) in [6.07, 6.45) is 3.74. The molecule has 0 saturated heterocycles. The fraction of sp³-hybridized carbons (Fsp3) is 0.0833. The van der Waals surface area contributed by atoms with Crippen molar-refractivity contribution in [3.63, 3.8) is 0 Å². The smallest absolute Gasteiger partial charge is 0.260 e. The van der Waals surface area contributed by atoms with Gasteiger partial charge in [0.15, 0.2) is 0 Å². The number of anilines is 1. The number of amides is 1. The van der Waals surface area contributed by atoms with E-state index in [0.717, 1.165) is 11.3 Å². The zero-order valence-corrected chi connectivity index (χ0v) is 7.99. The van der Waals surface area contributed by atoms with Crippen LogP contribution in [0.3, 0.4) is 0 Å². The molecule has 0 radical (unpaired) electrons. The molecule has 0 fully saturated rings. The highest BCUT2D eigenvalue weighted by Crippen LogP contribution is 2.34. The number of rotatable bonds is 0. The molecule has 0 aromatic heterocycles. The summed E-state index contributed by atoms with van der Waals surface area (Å²) in [7, 11) is 0. The fourth-order valence-corrected chi connectivity index (χ4v) is 1.86. The maximum Gasteiger partial charge on any atom is 0.260 e. The van der Waals surface area contributed by atoms with Crippen molar-refractivity contribution in [1.82, 2.24) is 0 Å². The van der Waals surface area contributed by atoms with Gasteiger partial charge in [-0.2, -0.15) is 0 Å². The van der Waals surface area contributed by atoms with Crippen LogP contribution in [-0.2, 0) is 9.53 Å². The second-order valence-electron chi connectivity index (χ2n) is 3.45. The maximum absolute atomic E-state index is 11.7. The van der Waals surface area contributed by atoms with Gasteiger partial charge >= 0.3 is 0 Å². The van der Waals surface area contributed by atoms with Crippen LogP contribution in [-0.4, -0.2) is 12.5 Å². The largest absolute Gasteiger partial charge is 0.489 e. The predicted molar refractivity (Wildman–Crippen MR) is 57.1 cm³/mol. The van der Waals surface area contributed by atoms with Crippen LogP contribution in [0, 0.1) is 0 Å². The Labute approximate surface area is 87.1 Å². The third-order valence-electron chi connectivity index (χ3n) is 2.52. The predicted octanol–water partition coefficient (Wildman–Crippen LogP) is 1.94. The summed E-state index contributed by atoms with van der Waals surface area (Å²) in [5.41, 5.74) is 2.41. The van der Waals surface area contributed by atoms with E-state index in [4.69, 9.17) is 4.74 Å². The highest BCUT2D eigenvalue weighted by Gasteiger charge is 2.27. The van der Waals surface area contributed by atoms with Crippen molar-refractivity contribution in [2.45, 2.75) is 0 Å². The second kappa shape index (κ2) is 2.98. The van der Waals surface area contributed by atoms with Crippen LogP contribution in [0.25, 0.3) is 5.57 Å². The molecule has 2 aliphatic heterocycles. The van der Waals surface area contributed by atoms with Crippen molar-refractivity contribution < 1.29 is 9.53 Å². The minimum absolute atomic E-state index is 0.0854. The average Bonchev–Trinajstić information content (AvgIpc) is 2.82. The van der Waals surface area contributed by atoms with Gasteiger partial charge in [-0.25, -0.2) is 0 Å². The normalized spacial score (nSPS) is 22.5. The second-order valence-corrected chi connectivity index (χ2v) is 3.45. The maximum atomic E-state index is 11.7. The number of nitrogens with one attached hydrogen (secondary N) is 1. The Morgan fingerprint density at radius 1 is 1.27 bits per heavy atom. The van der Waals surface area contributed by atoms with E-state index >= 15 is 0 Å². The van der Waals surface area contributed by atoms with Crippen LogP contribution < -0.4 is 5.32 Å². The van der Waals surface area contributed by atoms with E-state index in [1.807, 2.05) is 36.4 Å². The Hall–Kier alpha value is -2.03. The van der Waals surface area contributed by atoms with Gasteiger partial charge in [0.2, 0.25) is 0 Å². The van der Waals surface area contributed by atoms with Crippen molar-refractivity contribution in [1.29, 1.82) is 0 Å². The van der Waals surface area contributed by atoms with Crippen LogP contribution in [0.5, 0.6) is 0 Å². The lowest BCUT2D eigenvalue weighted by Crippen LogP contribution is -2.05. The van der Waals surface area contributed by atoms with Crippen molar-refractivity contribution >= 4 is 17.2 Å². The summed E-state index contributed by atoms with van der Waals surface area (Å²) >= 11 is 0. The van der Waals surface area contributed by atoms with E-state index < -0.39 is 0 Å². The van der Waals surface area contributed by atoms with Crippen LogP contribution in [0.4, 0.5) is 5.69 Å². The van der Waals surface area contributed by atoms with Gasteiger partial charge in [-0.3, -0.25) is 4.79 Å². The number of carbonyl (C=O) groups excluding carboxylic acids is 1. The van der Waals surface area contributed by atoms with Gasteiger partial charge in [-0.1, -0.05) is 18.2 Å². The van der Waals surface area contributed by atoms with E-state index in [-0.39, 0.29) is 5.91 Å². The van der Waals surface area contributed by atoms with Gasteiger partial charge < -0.3 is 10.1 Å². The van der Waals surface area contributed by atoms with Crippen molar-refractivity contribution in [3.8, 4) is 0 Å². The summed E-state index contributed by atoms with van der Waals surface area (Å²) < 4.78 is 5.37. The molecule has 0 aliphatic carbocycles. The number of ether oxygens (including phenoxy) is 1. The molecule has 1 amide bonds. The number of hydrogen-bond acceptors (Lipinski definition) is 2. The molecule has 15 heavy (non-hydrogen) atoms. The van der Waals surface area contributed by atoms with Gasteiger partial charge in [0.25, 0.3) is 5.91 Å². The van der Waals surface area contributed by atoms with Gasteiger partial charge in [0.1, 0.15) is 12.4 Å². The first-order valence-electron chi connectivity index (χ1n) is 4.80. The first-order valence-corrected chi connectivity index (χ1v) is 4.80. The number of hydrogen-bond donors (Lipinski definition) is 1. The number of fused-ring (bicyclic) bond motifs is 1. The molecule has 0 spiro atoms. The number of para-hydroxylation sites is 1. The van der Waals surface area contributed by atoms with Crippen molar-refractivity contribution in [2.24, 2.45) is 0 Å². The van der Waals surface area contributed by atoms with E-state index in [1.54, 1.807) is 0 Å². The van der Waals surface area contributed by atoms with Crippen LogP contribution >= 0.6 is 0 Å². The van der Waals surface area contributed by atoms with Crippen molar-refractivity contribution in [3.05, 3.63) is 47.7 Å². The molecule has 3 heteroatoms. The Bertz CT molecular complexity index is 500.